The summed E-state index contributed by atoms with van der Waals surface area (Å²) in [4.78, 5) is 41.7. The molecule has 2 fully saturated rings. The molecule has 0 N–H and O–H groups in total. The Morgan fingerprint density at radius 3 is 2.19 bits per heavy atom. The molecular formula is C18H22FN3O4. The van der Waals surface area contributed by atoms with Gasteiger partial charge in [-0.05, 0) is 24.3 Å². The van der Waals surface area contributed by atoms with Crippen molar-refractivity contribution in [3.63, 3.8) is 0 Å². The summed E-state index contributed by atoms with van der Waals surface area (Å²) in [6.07, 6.45) is 0.287. The van der Waals surface area contributed by atoms with Crippen LogP contribution < -0.4 is 4.90 Å². The van der Waals surface area contributed by atoms with Crippen LogP contribution in [-0.4, -0.2) is 73.5 Å². The lowest BCUT2D eigenvalue weighted by Crippen LogP contribution is -2.57. The zero-order chi connectivity index (χ0) is 18.7. The number of halogens is 1. The van der Waals surface area contributed by atoms with Gasteiger partial charge in [0.15, 0.2) is 0 Å². The maximum atomic E-state index is 13.1. The number of piperazine rings is 1. The Bertz CT molecular complexity index is 670. The molecule has 1 aromatic rings. The Morgan fingerprint density at radius 1 is 1.08 bits per heavy atom. The predicted molar refractivity (Wildman–Crippen MR) is 91.9 cm³/mol. The first-order chi connectivity index (χ1) is 12.5. The van der Waals surface area contributed by atoms with Crippen molar-refractivity contribution in [2.45, 2.75) is 18.9 Å². The van der Waals surface area contributed by atoms with Gasteiger partial charge in [-0.15, -0.1) is 0 Å². The number of benzene rings is 1. The number of carbonyl (C=O) groups is 3. The first-order valence-corrected chi connectivity index (χ1v) is 8.64. The van der Waals surface area contributed by atoms with Crippen LogP contribution in [0.3, 0.4) is 0 Å². The minimum absolute atomic E-state index is 0.00547. The zero-order valence-corrected chi connectivity index (χ0v) is 14.7. The molecule has 0 saturated carbocycles. The van der Waals surface area contributed by atoms with Crippen molar-refractivity contribution in [2.75, 3.05) is 44.8 Å². The number of nitrogens with zero attached hydrogens (tertiary/aromatic N) is 3. The topological polar surface area (TPSA) is 70.2 Å². The van der Waals surface area contributed by atoms with Crippen LogP contribution in [0.5, 0.6) is 0 Å². The monoisotopic (exact) mass is 363 g/mol. The molecule has 1 aromatic carbocycles. The molecule has 2 aliphatic rings. The average molecular weight is 363 g/mol. The van der Waals surface area contributed by atoms with Crippen LogP contribution in [0.1, 0.15) is 12.8 Å². The second kappa shape index (κ2) is 7.82. The maximum Gasteiger partial charge on any atom is 0.248 e. The highest BCUT2D eigenvalue weighted by Crippen LogP contribution is 2.20. The third-order valence-electron chi connectivity index (χ3n) is 4.79. The Hall–Kier alpha value is -2.48. The quantitative estimate of drug-likeness (QED) is 0.718. The van der Waals surface area contributed by atoms with Crippen molar-refractivity contribution >= 4 is 23.4 Å². The fraction of sp³-hybridized carbons (Fsp3) is 0.500. The van der Waals surface area contributed by atoms with Gasteiger partial charge in [0.05, 0.1) is 6.61 Å². The molecule has 0 bridgehead atoms. The first-order valence-electron chi connectivity index (χ1n) is 8.64. The second-order valence-electron chi connectivity index (χ2n) is 6.42. The van der Waals surface area contributed by atoms with Crippen LogP contribution in [0.2, 0.25) is 0 Å². The van der Waals surface area contributed by atoms with E-state index in [1.807, 2.05) is 0 Å². The van der Waals surface area contributed by atoms with Crippen LogP contribution in [-0.2, 0) is 19.1 Å². The molecule has 0 spiro atoms. The fourth-order valence-corrected chi connectivity index (χ4v) is 3.40. The molecule has 3 rings (SSSR count). The van der Waals surface area contributed by atoms with Crippen LogP contribution in [0.25, 0.3) is 0 Å². The van der Waals surface area contributed by atoms with Gasteiger partial charge in [0.25, 0.3) is 0 Å². The number of hydrogen-bond donors (Lipinski definition) is 0. The fourth-order valence-electron chi connectivity index (χ4n) is 3.40. The number of amides is 3. The number of likely N-dealkylation sites (tertiary alicyclic amines) is 1. The summed E-state index contributed by atoms with van der Waals surface area (Å²) in [5.74, 6) is -1.20. The molecule has 2 heterocycles. The van der Waals surface area contributed by atoms with Crippen molar-refractivity contribution < 1.29 is 23.5 Å². The van der Waals surface area contributed by atoms with Gasteiger partial charge in [-0.2, -0.15) is 0 Å². The van der Waals surface area contributed by atoms with E-state index in [0.29, 0.717) is 26.2 Å². The molecule has 7 nitrogen and oxygen atoms in total. The largest absolute Gasteiger partial charge is 0.382 e. The van der Waals surface area contributed by atoms with Crippen LogP contribution in [0.4, 0.5) is 10.1 Å². The minimum atomic E-state index is -0.903. The van der Waals surface area contributed by atoms with Gasteiger partial charge in [-0.3, -0.25) is 19.3 Å². The lowest BCUT2D eigenvalue weighted by Gasteiger charge is -2.38. The van der Waals surface area contributed by atoms with Crippen LogP contribution >= 0.6 is 0 Å². The molecule has 8 heteroatoms. The molecule has 0 aliphatic carbocycles. The molecule has 140 valence electrons. The Morgan fingerprint density at radius 2 is 1.65 bits per heavy atom. The highest BCUT2D eigenvalue weighted by atomic mass is 19.1. The average Bonchev–Trinajstić information content (AvgIpc) is 2.98. The Kier molecular flexibility index (Phi) is 5.51. The summed E-state index contributed by atoms with van der Waals surface area (Å²) in [5.41, 5.74) is 0.900. The molecule has 3 amide bonds. The third-order valence-corrected chi connectivity index (χ3v) is 4.79. The van der Waals surface area contributed by atoms with Crippen molar-refractivity contribution in [3.05, 3.63) is 30.1 Å². The van der Waals surface area contributed by atoms with E-state index in [1.54, 1.807) is 17.0 Å². The smallest absolute Gasteiger partial charge is 0.248 e. The van der Waals surface area contributed by atoms with Gasteiger partial charge in [0.1, 0.15) is 11.9 Å². The second-order valence-corrected chi connectivity index (χ2v) is 6.42. The van der Waals surface area contributed by atoms with E-state index in [9.17, 15) is 18.8 Å². The van der Waals surface area contributed by atoms with Crippen molar-refractivity contribution in [2.24, 2.45) is 0 Å². The highest BCUT2D eigenvalue weighted by Gasteiger charge is 2.40. The number of carbonyl (C=O) groups excluding carboxylic acids is 3. The molecule has 1 unspecified atom stereocenters. The molecule has 1 atom stereocenters. The van der Waals surface area contributed by atoms with Crippen molar-refractivity contribution in [1.29, 1.82) is 0 Å². The lowest BCUT2D eigenvalue weighted by molar-refractivity contribution is -0.152. The predicted octanol–water partition coefficient (Wildman–Crippen LogP) is 0.638. The van der Waals surface area contributed by atoms with E-state index in [0.717, 1.165) is 10.6 Å². The van der Waals surface area contributed by atoms with Gasteiger partial charge < -0.3 is 14.5 Å². The van der Waals surface area contributed by atoms with E-state index in [4.69, 9.17) is 4.74 Å². The normalized spacial score (nSPS) is 19.2. The molecule has 0 aromatic heterocycles. The van der Waals surface area contributed by atoms with Crippen LogP contribution in [0.15, 0.2) is 24.3 Å². The van der Waals surface area contributed by atoms with Crippen LogP contribution in [0, 0.1) is 5.82 Å². The molecular weight excluding hydrogens is 341 g/mol. The highest BCUT2D eigenvalue weighted by molar-refractivity contribution is 6.05. The summed E-state index contributed by atoms with van der Waals surface area (Å²) in [6.45, 7) is 2.12. The summed E-state index contributed by atoms with van der Waals surface area (Å²) in [5, 5.41) is 0. The molecule has 2 saturated heterocycles. The van der Waals surface area contributed by atoms with Gasteiger partial charge in [0.2, 0.25) is 17.7 Å². The van der Waals surface area contributed by atoms with Gasteiger partial charge in [0, 0.05) is 51.8 Å². The van der Waals surface area contributed by atoms with E-state index in [2.05, 4.69) is 4.90 Å². The standard InChI is InChI=1S/C18H22FN3O4/c1-26-12-15(22-16(23)6-7-17(22)24)18(25)21-10-8-20(9-11-21)14-4-2-13(19)3-5-14/h2-5,15H,6-12H2,1H3. The van der Waals surface area contributed by atoms with Gasteiger partial charge in [-0.1, -0.05) is 0 Å². The first kappa shape index (κ1) is 18.3. The van der Waals surface area contributed by atoms with E-state index in [1.165, 1.54) is 19.2 Å². The lowest BCUT2D eigenvalue weighted by atomic mass is 10.2. The summed E-state index contributed by atoms with van der Waals surface area (Å²) < 4.78 is 18.1. The number of ether oxygens (including phenoxy) is 1. The molecule has 2 aliphatic heterocycles. The van der Waals surface area contributed by atoms with E-state index in [-0.39, 0.29) is 43.0 Å². The third kappa shape index (κ3) is 3.70. The number of methoxy groups -OCH3 is 1. The molecule has 26 heavy (non-hydrogen) atoms. The van der Waals surface area contributed by atoms with Gasteiger partial charge >= 0.3 is 0 Å². The number of hydrogen-bond acceptors (Lipinski definition) is 5. The maximum absolute atomic E-state index is 13.1. The van der Waals surface area contributed by atoms with Gasteiger partial charge in [-0.25, -0.2) is 4.39 Å². The van der Waals surface area contributed by atoms with E-state index >= 15 is 0 Å². The SMILES string of the molecule is COCC(C(=O)N1CCN(c2ccc(F)cc2)CC1)N1C(=O)CCC1=O. The zero-order valence-electron chi connectivity index (χ0n) is 14.7. The number of imide groups is 1. The molecule has 0 radical (unpaired) electrons. The van der Waals surface area contributed by atoms with Crippen molar-refractivity contribution in [1.82, 2.24) is 9.80 Å². The summed E-state index contributed by atoms with van der Waals surface area (Å²) >= 11 is 0. The summed E-state index contributed by atoms with van der Waals surface area (Å²) in [6, 6.07) is 5.34. The number of rotatable bonds is 5. The van der Waals surface area contributed by atoms with Crippen molar-refractivity contribution in [3.8, 4) is 0 Å². The number of anilines is 1. The van der Waals surface area contributed by atoms with E-state index < -0.39 is 6.04 Å². The Labute approximate surface area is 151 Å². The Balaban J connectivity index is 1.65. The minimum Gasteiger partial charge on any atom is -0.382 e. The summed E-state index contributed by atoms with van der Waals surface area (Å²) in [7, 11) is 1.44.